The monoisotopic (exact) mass is 756 g/mol. The highest BCUT2D eigenvalue weighted by Crippen LogP contribution is 2.39. The molecule has 5 rings (SSSR count). The molecule has 11 nitrogen and oxygen atoms in total. The van der Waals surface area contributed by atoms with E-state index in [4.69, 9.17) is 51.1 Å². The summed E-state index contributed by atoms with van der Waals surface area (Å²) in [6, 6.07) is 15.7. The van der Waals surface area contributed by atoms with Crippen molar-refractivity contribution < 1.29 is 24.5 Å². The van der Waals surface area contributed by atoms with Crippen molar-refractivity contribution in [3.63, 3.8) is 0 Å². The molecule has 1 aliphatic rings. The number of azo groups is 1. The van der Waals surface area contributed by atoms with Crippen LogP contribution in [-0.2, 0) is 15.0 Å². The van der Waals surface area contributed by atoms with Gasteiger partial charge in [-0.25, -0.2) is 10.0 Å². The summed E-state index contributed by atoms with van der Waals surface area (Å²) in [5.41, 5.74) is 4.79. The van der Waals surface area contributed by atoms with Gasteiger partial charge in [-0.05, 0) is 85.5 Å². The summed E-state index contributed by atoms with van der Waals surface area (Å²) in [7, 11) is 0. The number of hydrogen-bond donors (Lipinski definition) is 4. The number of aryl methyl sites for hydroxylation is 1. The maximum absolute atomic E-state index is 13.8. The molecule has 0 radical (unpaired) electrons. The van der Waals surface area contributed by atoms with Gasteiger partial charge < -0.3 is 20.3 Å². The molecule has 4 N–H and O–H groups in total. The quantitative estimate of drug-likeness (QED) is 0.132. The number of hydrazine groups is 1. The minimum absolute atomic E-state index is 0.00274. The average Bonchev–Trinajstić information content (AvgIpc) is 3.32. The van der Waals surface area contributed by atoms with E-state index in [9.17, 15) is 19.8 Å². The molecule has 2 amide bonds. The number of nitrogens with one attached hydrogen (secondary N) is 2. The first-order chi connectivity index (χ1) is 23.5. The molecule has 2 unspecified atom stereocenters. The molecule has 2 atom stereocenters. The molecule has 1 saturated heterocycles. The molecule has 1 fully saturated rings. The zero-order valence-electron chi connectivity index (χ0n) is 27.4. The lowest BCUT2D eigenvalue weighted by Crippen LogP contribution is -2.36. The van der Waals surface area contributed by atoms with Gasteiger partial charge in [-0.3, -0.25) is 15.0 Å². The molecule has 1 heterocycles. The van der Waals surface area contributed by atoms with Gasteiger partial charge in [-0.1, -0.05) is 73.2 Å². The van der Waals surface area contributed by atoms with Gasteiger partial charge in [0.05, 0.1) is 20.8 Å². The van der Waals surface area contributed by atoms with Crippen molar-refractivity contribution in [2.24, 2.45) is 15.2 Å². The van der Waals surface area contributed by atoms with E-state index in [1.165, 1.54) is 36.4 Å². The third-order valence-electron chi connectivity index (χ3n) is 7.47. The zero-order valence-corrected chi connectivity index (χ0v) is 30.4. The summed E-state index contributed by atoms with van der Waals surface area (Å²) in [5, 5.41) is 33.4. The molecule has 1 aliphatic heterocycles. The van der Waals surface area contributed by atoms with E-state index >= 15 is 0 Å². The molecular weight excluding hydrogens is 726 g/mol. The number of hydrogen-bond acceptors (Lipinski definition) is 8. The van der Waals surface area contributed by atoms with Gasteiger partial charge in [0.15, 0.2) is 11.9 Å². The number of halogens is 4. The normalized spacial score (nSPS) is 16.2. The lowest BCUT2D eigenvalue weighted by molar-refractivity contribution is -0.122. The largest absolute Gasteiger partial charge is 0.508 e. The Balaban J connectivity index is 1.44. The first-order valence-corrected chi connectivity index (χ1v) is 16.7. The van der Waals surface area contributed by atoms with Gasteiger partial charge in [-0.2, -0.15) is 10.2 Å². The standard InChI is InChI=1S/C35H32Cl4N6O5/c1-17-6-10-29(47)27(12-17)42-43-30-32(44-45(34(30)49)31-24(38)13-19(36)14-25(31)39)41-26-15-20(7-9-23(26)37)40-33(48)18(2)50-21-8-11-28(46)22(16-21)35(3,4)5/h6-16,18,30,46-47H,1-5H3,(H,40,48)(H,41,44). The number of phenolic OH excluding ortho intramolecular Hbond substituents is 2. The van der Waals surface area contributed by atoms with Crippen molar-refractivity contribution in [1.29, 1.82) is 0 Å². The van der Waals surface area contributed by atoms with Crippen LogP contribution in [0.5, 0.6) is 17.2 Å². The predicted octanol–water partition coefficient (Wildman–Crippen LogP) is 9.46. The second-order valence-electron chi connectivity index (χ2n) is 12.5. The fraction of sp³-hybridized carbons (Fsp3) is 0.229. The molecular formula is C35H32Cl4N6O5. The predicted molar refractivity (Wildman–Crippen MR) is 197 cm³/mol. The van der Waals surface area contributed by atoms with E-state index in [0.29, 0.717) is 17.0 Å². The van der Waals surface area contributed by atoms with E-state index in [2.05, 4.69) is 26.0 Å². The Morgan fingerprint density at radius 2 is 1.60 bits per heavy atom. The highest BCUT2D eigenvalue weighted by atomic mass is 35.5. The van der Waals surface area contributed by atoms with E-state index in [-0.39, 0.29) is 59.9 Å². The van der Waals surface area contributed by atoms with Crippen LogP contribution in [0.1, 0.15) is 38.8 Å². The zero-order chi connectivity index (χ0) is 36.5. The summed E-state index contributed by atoms with van der Waals surface area (Å²) < 4.78 is 5.89. The molecule has 0 aliphatic carbocycles. The van der Waals surface area contributed by atoms with Gasteiger partial charge in [0.25, 0.3) is 11.8 Å². The average molecular weight is 758 g/mol. The first kappa shape index (κ1) is 36.7. The van der Waals surface area contributed by atoms with Crippen LogP contribution < -0.4 is 20.5 Å². The number of amides is 2. The first-order valence-electron chi connectivity index (χ1n) is 15.2. The second-order valence-corrected chi connectivity index (χ2v) is 14.1. The summed E-state index contributed by atoms with van der Waals surface area (Å²) in [6.45, 7) is 9.28. The van der Waals surface area contributed by atoms with Crippen LogP contribution in [0.4, 0.5) is 22.7 Å². The van der Waals surface area contributed by atoms with Crippen LogP contribution in [0.2, 0.25) is 20.1 Å². The Morgan fingerprint density at radius 3 is 2.28 bits per heavy atom. The minimum Gasteiger partial charge on any atom is -0.508 e. The van der Waals surface area contributed by atoms with Crippen LogP contribution in [0.15, 0.2) is 82.0 Å². The fourth-order valence-corrected chi connectivity index (χ4v) is 6.05. The topological polar surface area (TPSA) is 148 Å². The van der Waals surface area contributed by atoms with Gasteiger partial charge in [0, 0.05) is 16.3 Å². The number of phenols is 2. The van der Waals surface area contributed by atoms with Crippen LogP contribution in [0, 0.1) is 6.92 Å². The van der Waals surface area contributed by atoms with Crippen molar-refractivity contribution >= 4 is 86.8 Å². The molecule has 50 heavy (non-hydrogen) atoms. The van der Waals surface area contributed by atoms with Crippen molar-refractivity contribution in [1.82, 2.24) is 5.43 Å². The molecule has 4 aromatic carbocycles. The van der Waals surface area contributed by atoms with Crippen LogP contribution >= 0.6 is 46.4 Å². The lowest BCUT2D eigenvalue weighted by atomic mass is 9.86. The molecule has 4 aromatic rings. The molecule has 260 valence electrons. The number of rotatable bonds is 8. The number of carbonyl (C=O) groups is 2. The van der Waals surface area contributed by atoms with Crippen molar-refractivity contribution in [3.05, 3.63) is 97.9 Å². The Labute approximate surface area is 308 Å². The van der Waals surface area contributed by atoms with E-state index < -0.39 is 24.0 Å². The van der Waals surface area contributed by atoms with E-state index in [1.807, 2.05) is 27.7 Å². The van der Waals surface area contributed by atoms with Crippen LogP contribution in [-0.4, -0.2) is 40.0 Å². The van der Waals surface area contributed by atoms with Crippen LogP contribution in [0.25, 0.3) is 0 Å². The molecule has 15 heteroatoms. The SMILES string of the molecule is Cc1ccc(O)c(N=NC2C(=O)N(c3c(Cl)cc(Cl)cc3Cl)NC2=Nc2cc(NC(=O)C(C)Oc3ccc(O)c(C(C)(C)C)c3)ccc2Cl)c1. The number of anilines is 2. The maximum Gasteiger partial charge on any atom is 0.280 e. The Kier molecular flexibility index (Phi) is 10.8. The summed E-state index contributed by atoms with van der Waals surface area (Å²) in [6.07, 6.45) is -0.919. The number of carbonyl (C=O) groups excluding carboxylic acids is 2. The third-order valence-corrected chi connectivity index (χ3v) is 8.58. The Hall–Kier alpha value is -4.55. The maximum atomic E-state index is 13.8. The van der Waals surface area contributed by atoms with Gasteiger partial charge >= 0.3 is 0 Å². The number of benzene rings is 4. The highest BCUT2D eigenvalue weighted by Gasteiger charge is 2.41. The number of amidine groups is 1. The van der Waals surface area contributed by atoms with Crippen molar-refractivity contribution in [2.75, 3.05) is 10.3 Å². The van der Waals surface area contributed by atoms with Gasteiger partial charge in [0.1, 0.15) is 28.6 Å². The van der Waals surface area contributed by atoms with E-state index in [1.54, 1.807) is 37.3 Å². The third kappa shape index (κ3) is 8.24. The number of ether oxygens (including phenoxy) is 1. The highest BCUT2D eigenvalue weighted by molar-refractivity contribution is 6.43. The smallest absolute Gasteiger partial charge is 0.280 e. The van der Waals surface area contributed by atoms with Crippen molar-refractivity contribution in [3.8, 4) is 17.2 Å². The van der Waals surface area contributed by atoms with Crippen molar-refractivity contribution in [2.45, 2.75) is 52.2 Å². The van der Waals surface area contributed by atoms with Gasteiger partial charge in [-0.15, -0.1) is 0 Å². The Bertz CT molecular complexity index is 2030. The van der Waals surface area contributed by atoms with E-state index in [0.717, 1.165) is 10.6 Å². The molecule has 0 aromatic heterocycles. The number of aromatic hydroxyl groups is 2. The number of aliphatic imine (C=N–C) groups is 1. The van der Waals surface area contributed by atoms with Crippen LogP contribution in [0.3, 0.4) is 0 Å². The minimum atomic E-state index is -1.34. The molecule has 0 spiro atoms. The molecule has 0 bridgehead atoms. The summed E-state index contributed by atoms with van der Waals surface area (Å²) >= 11 is 25.5. The second kappa shape index (κ2) is 14.7. The number of nitrogens with zero attached hydrogens (tertiary/aromatic N) is 4. The molecule has 0 saturated carbocycles. The summed E-state index contributed by atoms with van der Waals surface area (Å²) in [5.74, 6) is -0.691. The lowest BCUT2D eigenvalue weighted by Gasteiger charge is -2.22. The Morgan fingerprint density at radius 1 is 0.920 bits per heavy atom. The summed E-state index contributed by atoms with van der Waals surface area (Å²) in [4.78, 5) is 31.5. The van der Waals surface area contributed by atoms with Gasteiger partial charge in [0.2, 0.25) is 6.04 Å². The fourth-order valence-electron chi connectivity index (χ4n) is 4.90.